The lowest BCUT2D eigenvalue weighted by molar-refractivity contribution is -0.139. The smallest absolute Gasteiger partial charge is 0.322 e. The topological polar surface area (TPSA) is 105 Å². The highest BCUT2D eigenvalue weighted by Crippen LogP contribution is 2.26. The fourth-order valence-corrected chi connectivity index (χ4v) is 2.85. The van der Waals surface area contributed by atoms with Gasteiger partial charge in [0.15, 0.2) is 0 Å². The molecule has 112 valence electrons. The van der Waals surface area contributed by atoms with Gasteiger partial charge in [-0.1, -0.05) is 6.92 Å². The number of amides is 4. The van der Waals surface area contributed by atoms with Crippen LogP contribution in [0.2, 0.25) is 0 Å². The molecule has 0 aromatic rings. The summed E-state index contributed by atoms with van der Waals surface area (Å²) < 4.78 is 0. The van der Waals surface area contributed by atoms with E-state index < -0.39 is 11.6 Å². The minimum atomic E-state index is -0.811. The van der Waals surface area contributed by atoms with Gasteiger partial charge in [0.2, 0.25) is 5.91 Å². The summed E-state index contributed by atoms with van der Waals surface area (Å²) in [5.74, 6) is -0.205. The molecule has 4 N–H and O–H groups in total. The summed E-state index contributed by atoms with van der Waals surface area (Å²) in [6.45, 7) is 3.50. The Morgan fingerprint density at radius 1 is 1.40 bits per heavy atom. The summed E-state index contributed by atoms with van der Waals surface area (Å²) in [4.78, 5) is 37.1. The van der Waals surface area contributed by atoms with Crippen molar-refractivity contribution in [2.45, 2.75) is 38.1 Å². The molecule has 4 amide bonds. The normalized spacial score (nSPS) is 22.6. The Morgan fingerprint density at radius 2 is 2.05 bits per heavy atom. The van der Waals surface area contributed by atoms with Crippen molar-refractivity contribution in [3.8, 4) is 0 Å². The van der Waals surface area contributed by atoms with Gasteiger partial charge in [-0.15, -0.1) is 0 Å². The molecule has 7 heteroatoms. The number of nitrogens with zero attached hydrogens (tertiary/aromatic N) is 1. The van der Waals surface area contributed by atoms with Crippen LogP contribution in [0.15, 0.2) is 0 Å². The Hall–Kier alpha value is -1.63. The quantitative estimate of drug-likeness (QED) is 0.608. The van der Waals surface area contributed by atoms with Gasteiger partial charge >= 0.3 is 6.03 Å². The molecule has 2 aliphatic rings. The second kappa shape index (κ2) is 5.78. The van der Waals surface area contributed by atoms with Crippen molar-refractivity contribution in [2.24, 2.45) is 11.7 Å². The predicted octanol–water partition coefficient (Wildman–Crippen LogP) is -0.438. The monoisotopic (exact) mass is 282 g/mol. The number of hydrogen-bond acceptors (Lipinski definition) is 4. The van der Waals surface area contributed by atoms with Crippen molar-refractivity contribution in [1.29, 1.82) is 0 Å². The van der Waals surface area contributed by atoms with Gasteiger partial charge in [-0.05, 0) is 32.2 Å². The molecule has 0 bridgehead atoms. The van der Waals surface area contributed by atoms with Gasteiger partial charge in [-0.3, -0.25) is 14.9 Å². The summed E-state index contributed by atoms with van der Waals surface area (Å²) in [5.41, 5.74) is 4.64. The van der Waals surface area contributed by atoms with E-state index in [1.54, 1.807) is 4.90 Å². The highest BCUT2D eigenvalue weighted by Gasteiger charge is 2.48. The predicted molar refractivity (Wildman–Crippen MR) is 72.7 cm³/mol. The zero-order chi connectivity index (χ0) is 14.8. The first-order valence-electron chi connectivity index (χ1n) is 7.11. The fraction of sp³-hybridized carbons (Fsp3) is 0.769. The molecule has 2 saturated heterocycles. The van der Waals surface area contributed by atoms with Crippen LogP contribution in [0.3, 0.4) is 0 Å². The molecule has 0 aromatic heterocycles. The molecular weight excluding hydrogens is 260 g/mol. The van der Waals surface area contributed by atoms with E-state index >= 15 is 0 Å². The minimum absolute atomic E-state index is 0.0420. The molecule has 2 rings (SSSR count). The molecule has 1 atom stereocenters. The Kier molecular flexibility index (Phi) is 4.27. The number of urea groups is 1. The maximum Gasteiger partial charge on any atom is 0.322 e. The second-order valence-electron chi connectivity index (χ2n) is 5.65. The van der Waals surface area contributed by atoms with Crippen molar-refractivity contribution >= 4 is 17.8 Å². The Labute approximate surface area is 118 Å². The maximum atomic E-state index is 12.3. The Balaban J connectivity index is 1.89. The van der Waals surface area contributed by atoms with Crippen LogP contribution >= 0.6 is 0 Å². The first kappa shape index (κ1) is 14.8. The zero-order valence-corrected chi connectivity index (χ0v) is 11.8. The van der Waals surface area contributed by atoms with E-state index in [-0.39, 0.29) is 17.7 Å². The van der Waals surface area contributed by atoms with Crippen LogP contribution in [0.25, 0.3) is 0 Å². The number of piperidine rings is 1. The molecule has 1 unspecified atom stereocenters. The number of nitrogens with two attached hydrogens (primary N) is 1. The minimum Gasteiger partial charge on any atom is -0.342 e. The maximum absolute atomic E-state index is 12.3. The molecule has 2 fully saturated rings. The number of rotatable bonds is 4. The van der Waals surface area contributed by atoms with E-state index in [0.717, 1.165) is 12.8 Å². The molecule has 2 aliphatic heterocycles. The second-order valence-corrected chi connectivity index (χ2v) is 5.65. The van der Waals surface area contributed by atoms with Gasteiger partial charge in [0.05, 0.1) is 0 Å². The van der Waals surface area contributed by atoms with Crippen LogP contribution in [-0.4, -0.2) is 47.9 Å². The average molecular weight is 282 g/mol. The molecule has 7 nitrogen and oxygen atoms in total. The third-order valence-electron chi connectivity index (χ3n) is 4.21. The zero-order valence-electron chi connectivity index (χ0n) is 11.8. The van der Waals surface area contributed by atoms with Crippen LogP contribution in [-0.2, 0) is 9.59 Å². The number of likely N-dealkylation sites (tertiary alicyclic amines) is 1. The first-order valence-corrected chi connectivity index (χ1v) is 7.11. The summed E-state index contributed by atoms with van der Waals surface area (Å²) in [6.07, 6.45) is 2.57. The number of carbonyl (C=O) groups is 3. The number of hydrogen-bond donors (Lipinski definition) is 3. The third-order valence-corrected chi connectivity index (χ3v) is 4.21. The van der Waals surface area contributed by atoms with E-state index in [4.69, 9.17) is 5.73 Å². The van der Waals surface area contributed by atoms with Gasteiger partial charge in [0.1, 0.15) is 5.54 Å². The van der Waals surface area contributed by atoms with Crippen LogP contribution < -0.4 is 16.4 Å². The number of nitrogens with one attached hydrogen (secondary N) is 2. The Morgan fingerprint density at radius 3 is 2.55 bits per heavy atom. The molecule has 20 heavy (non-hydrogen) atoms. The van der Waals surface area contributed by atoms with E-state index in [0.29, 0.717) is 32.5 Å². The molecule has 1 spiro atoms. The molecule has 0 radical (unpaired) electrons. The van der Waals surface area contributed by atoms with Crippen LogP contribution in [0, 0.1) is 5.92 Å². The van der Waals surface area contributed by atoms with Gasteiger partial charge in [-0.2, -0.15) is 0 Å². The van der Waals surface area contributed by atoms with Crippen LogP contribution in [0.1, 0.15) is 32.6 Å². The highest BCUT2D eigenvalue weighted by molar-refractivity contribution is 6.07. The standard InChI is InChI=1S/C13H22N4O3/c1-9(3-2-6-14)10(18)17-7-4-13(5-8-17)11(19)15-12(20)16-13/h9H,2-8,14H2,1H3,(H2,15,16,19,20). The molecule has 0 saturated carbocycles. The van der Waals surface area contributed by atoms with Crippen molar-refractivity contribution in [3.63, 3.8) is 0 Å². The van der Waals surface area contributed by atoms with Gasteiger partial charge in [-0.25, -0.2) is 4.79 Å². The highest BCUT2D eigenvalue weighted by atomic mass is 16.2. The van der Waals surface area contributed by atoms with Gasteiger partial charge < -0.3 is 16.0 Å². The van der Waals surface area contributed by atoms with E-state index in [2.05, 4.69) is 10.6 Å². The van der Waals surface area contributed by atoms with E-state index in [9.17, 15) is 14.4 Å². The molecule has 0 aliphatic carbocycles. The molecule has 2 heterocycles. The SMILES string of the molecule is CC(CCCN)C(=O)N1CCC2(CC1)NC(=O)NC2=O. The number of carbonyl (C=O) groups excluding carboxylic acids is 3. The average Bonchev–Trinajstić information content (AvgIpc) is 2.70. The van der Waals surface area contributed by atoms with Crippen molar-refractivity contribution < 1.29 is 14.4 Å². The van der Waals surface area contributed by atoms with Gasteiger partial charge in [0.25, 0.3) is 5.91 Å². The van der Waals surface area contributed by atoms with Crippen molar-refractivity contribution in [2.75, 3.05) is 19.6 Å². The first-order chi connectivity index (χ1) is 9.48. The summed E-state index contributed by atoms with van der Waals surface area (Å²) in [7, 11) is 0. The van der Waals surface area contributed by atoms with Crippen LogP contribution in [0.5, 0.6) is 0 Å². The third kappa shape index (κ3) is 2.77. The molecular formula is C13H22N4O3. The lowest BCUT2D eigenvalue weighted by atomic mass is 9.87. The van der Waals surface area contributed by atoms with Crippen molar-refractivity contribution in [1.82, 2.24) is 15.5 Å². The summed E-state index contributed by atoms with van der Waals surface area (Å²) >= 11 is 0. The van der Waals surface area contributed by atoms with Crippen LogP contribution in [0.4, 0.5) is 4.79 Å². The summed E-state index contributed by atoms with van der Waals surface area (Å²) in [5, 5.41) is 4.95. The Bertz CT molecular complexity index is 416. The van der Waals surface area contributed by atoms with Gasteiger partial charge in [0, 0.05) is 19.0 Å². The largest absolute Gasteiger partial charge is 0.342 e. The summed E-state index contributed by atoms with van der Waals surface area (Å²) in [6, 6.07) is -0.439. The lowest BCUT2D eigenvalue weighted by Gasteiger charge is -2.38. The fourth-order valence-electron chi connectivity index (χ4n) is 2.85. The molecule has 0 aromatic carbocycles. The lowest BCUT2D eigenvalue weighted by Crippen LogP contribution is -2.56. The number of imide groups is 1. The van der Waals surface area contributed by atoms with E-state index in [1.807, 2.05) is 6.92 Å². The van der Waals surface area contributed by atoms with Crippen molar-refractivity contribution in [3.05, 3.63) is 0 Å². The van der Waals surface area contributed by atoms with E-state index in [1.165, 1.54) is 0 Å².